The van der Waals surface area contributed by atoms with Crippen LogP contribution in [-0.4, -0.2) is 12.5 Å². The maximum absolute atomic E-state index is 12.7. The molecule has 0 unspecified atom stereocenters. The van der Waals surface area contributed by atoms with E-state index in [1.807, 2.05) is 30.3 Å². The molecule has 0 bridgehead atoms. The van der Waals surface area contributed by atoms with Gasteiger partial charge in [-0.25, -0.2) is 0 Å². The fourth-order valence-electron chi connectivity index (χ4n) is 3.45. The molecular weight excluding hydrogens is 338 g/mol. The van der Waals surface area contributed by atoms with Crippen molar-refractivity contribution in [1.82, 2.24) is 5.32 Å². The van der Waals surface area contributed by atoms with Gasteiger partial charge in [-0.1, -0.05) is 66.6 Å². The second-order valence-corrected chi connectivity index (χ2v) is 7.85. The van der Waals surface area contributed by atoms with E-state index in [0.29, 0.717) is 16.4 Å². The summed E-state index contributed by atoms with van der Waals surface area (Å²) in [5.41, 5.74) is 1.40. The number of hydrogen-bond donors (Lipinski definition) is 1. The zero-order chi connectivity index (χ0) is 16.6. The number of amides is 1. The first kappa shape index (κ1) is 15.7. The van der Waals surface area contributed by atoms with Crippen LogP contribution in [0, 0.1) is 0 Å². The minimum atomic E-state index is -0.0663. The van der Waals surface area contributed by atoms with Crippen molar-refractivity contribution in [2.45, 2.75) is 24.7 Å². The number of nitrogens with one attached hydrogen (secondary N) is 1. The van der Waals surface area contributed by atoms with E-state index < -0.39 is 0 Å². The maximum atomic E-state index is 12.7. The van der Waals surface area contributed by atoms with E-state index in [-0.39, 0.29) is 11.3 Å². The lowest BCUT2D eigenvalue weighted by Crippen LogP contribution is -2.45. The van der Waals surface area contributed by atoms with Gasteiger partial charge in [0.1, 0.15) is 4.88 Å². The molecule has 2 aromatic carbocycles. The summed E-state index contributed by atoms with van der Waals surface area (Å²) >= 11 is 7.88. The topological polar surface area (TPSA) is 29.1 Å². The van der Waals surface area contributed by atoms with Crippen molar-refractivity contribution in [3.05, 3.63) is 70.1 Å². The van der Waals surface area contributed by atoms with Crippen LogP contribution in [0.3, 0.4) is 0 Å². The predicted molar refractivity (Wildman–Crippen MR) is 101 cm³/mol. The van der Waals surface area contributed by atoms with Gasteiger partial charge in [-0.2, -0.15) is 0 Å². The first-order chi connectivity index (χ1) is 11.7. The highest BCUT2D eigenvalue weighted by Gasteiger charge is 2.38. The summed E-state index contributed by atoms with van der Waals surface area (Å²) in [5.74, 6) is -0.0663. The Morgan fingerprint density at radius 2 is 1.79 bits per heavy atom. The highest BCUT2D eigenvalue weighted by atomic mass is 35.5. The number of halogens is 1. The second kappa shape index (κ2) is 6.23. The van der Waals surface area contributed by atoms with Crippen molar-refractivity contribution in [1.29, 1.82) is 0 Å². The number of hydrogen-bond acceptors (Lipinski definition) is 2. The van der Waals surface area contributed by atoms with Gasteiger partial charge in [0.25, 0.3) is 5.91 Å². The van der Waals surface area contributed by atoms with Crippen molar-refractivity contribution >= 4 is 38.9 Å². The fraction of sp³-hybridized carbons (Fsp3) is 0.250. The largest absolute Gasteiger partial charge is 0.350 e. The molecule has 1 aromatic heterocycles. The average molecular weight is 356 g/mol. The first-order valence-electron chi connectivity index (χ1n) is 8.20. The molecular formula is C20H18ClNOS. The number of rotatable bonds is 4. The Balaban J connectivity index is 1.54. The molecule has 0 radical (unpaired) electrons. The standard InChI is InChI=1S/C20H18ClNOS/c21-17-15-9-4-5-10-16(15)24-18(17)19(23)22-13-20(11-6-12-20)14-7-2-1-3-8-14/h1-5,7-10H,6,11-13H2,(H,22,23). The van der Waals surface area contributed by atoms with Crippen LogP contribution in [0.2, 0.25) is 5.02 Å². The van der Waals surface area contributed by atoms with Crippen LogP contribution < -0.4 is 5.32 Å². The van der Waals surface area contributed by atoms with Crippen molar-refractivity contribution in [2.75, 3.05) is 6.54 Å². The molecule has 0 spiro atoms. The van der Waals surface area contributed by atoms with Crippen LogP contribution in [0.1, 0.15) is 34.5 Å². The van der Waals surface area contributed by atoms with Crippen LogP contribution in [-0.2, 0) is 5.41 Å². The van der Waals surface area contributed by atoms with E-state index in [0.717, 1.165) is 22.9 Å². The Bertz CT molecular complexity index is 883. The summed E-state index contributed by atoms with van der Waals surface area (Å²) in [5, 5.41) is 4.65. The van der Waals surface area contributed by atoms with Gasteiger partial charge in [-0.05, 0) is 24.5 Å². The van der Waals surface area contributed by atoms with Crippen LogP contribution in [0.25, 0.3) is 10.1 Å². The molecule has 0 aliphatic heterocycles. The van der Waals surface area contributed by atoms with Gasteiger partial charge in [0.05, 0.1) is 5.02 Å². The van der Waals surface area contributed by atoms with Crippen molar-refractivity contribution < 1.29 is 4.79 Å². The lowest BCUT2D eigenvalue weighted by atomic mass is 9.64. The molecule has 4 rings (SSSR count). The zero-order valence-electron chi connectivity index (χ0n) is 13.2. The van der Waals surface area contributed by atoms with Gasteiger partial charge in [0.2, 0.25) is 0 Å². The zero-order valence-corrected chi connectivity index (χ0v) is 14.8. The van der Waals surface area contributed by atoms with Crippen molar-refractivity contribution in [3.8, 4) is 0 Å². The number of thiophene rings is 1. The molecule has 0 saturated heterocycles. The molecule has 3 aromatic rings. The Hall–Kier alpha value is -1.84. The van der Waals surface area contributed by atoms with E-state index >= 15 is 0 Å². The number of carbonyl (C=O) groups is 1. The molecule has 24 heavy (non-hydrogen) atoms. The number of benzene rings is 2. The maximum Gasteiger partial charge on any atom is 0.262 e. The fourth-order valence-corrected chi connectivity index (χ4v) is 4.89. The van der Waals surface area contributed by atoms with Crippen molar-refractivity contribution in [3.63, 3.8) is 0 Å². The van der Waals surface area contributed by atoms with Gasteiger partial charge >= 0.3 is 0 Å². The summed E-state index contributed by atoms with van der Waals surface area (Å²) in [6, 6.07) is 18.4. The van der Waals surface area contributed by atoms with Gasteiger partial charge in [0.15, 0.2) is 0 Å². The monoisotopic (exact) mass is 355 g/mol. The van der Waals surface area contributed by atoms with Crippen LogP contribution in [0.4, 0.5) is 0 Å². The summed E-state index contributed by atoms with van der Waals surface area (Å²) in [6.07, 6.45) is 3.46. The average Bonchev–Trinajstić information content (AvgIpc) is 2.92. The normalized spacial score (nSPS) is 15.9. The Morgan fingerprint density at radius 1 is 1.08 bits per heavy atom. The molecule has 122 valence electrons. The lowest BCUT2D eigenvalue weighted by molar-refractivity contribution is 0.0932. The molecule has 1 aliphatic rings. The molecule has 0 atom stereocenters. The number of fused-ring (bicyclic) bond motifs is 1. The summed E-state index contributed by atoms with van der Waals surface area (Å²) in [6.45, 7) is 0.667. The smallest absolute Gasteiger partial charge is 0.262 e. The third-order valence-corrected chi connectivity index (χ3v) is 6.70. The van der Waals surface area contributed by atoms with Gasteiger partial charge in [-0.3, -0.25) is 4.79 Å². The highest BCUT2D eigenvalue weighted by Crippen LogP contribution is 2.43. The summed E-state index contributed by atoms with van der Waals surface area (Å²) in [4.78, 5) is 13.3. The summed E-state index contributed by atoms with van der Waals surface area (Å²) < 4.78 is 1.05. The molecule has 1 N–H and O–H groups in total. The lowest BCUT2D eigenvalue weighted by Gasteiger charge is -2.42. The van der Waals surface area contributed by atoms with Gasteiger partial charge in [0, 0.05) is 22.0 Å². The van der Waals surface area contributed by atoms with Crippen LogP contribution in [0.5, 0.6) is 0 Å². The van der Waals surface area contributed by atoms with Crippen LogP contribution in [0.15, 0.2) is 54.6 Å². The molecule has 1 saturated carbocycles. The molecule has 1 amide bonds. The third-order valence-electron chi connectivity index (χ3n) is 5.03. The summed E-state index contributed by atoms with van der Waals surface area (Å²) in [7, 11) is 0. The third kappa shape index (κ3) is 2.62. The predicted octanol–water partition coefficient (Wildman–Crippen LogP) is 5.41. The molecule has 2 nitrogen and oxygen atoms in total. The van der Waals surface area contributed by atoms with E-state index in [1.165, 1.54) is 23.3 Å². The molecule has 4 heteroatoms. The Morgan fingerprint density at radius 3 is 2.46 bits per heavy atom. The van der Waals surface area contributed by atoms with E-state index in [9.17, 15) is 4.79 Å². The van der Waals surface area contributed by atoms with Crippen LogP contribution >= 0.6 is 22.9 Å². The second-order valence-electron chi connectivity index (χ2n) is 6.42. The van der Waals surface area contributed by atoms with Crippen molar-refractivity contribution in [2.24, 2.45) is 0 Å². The Kier molecular flexibility index (Phi) is 4.07. The highest BCUT2D eigenvalue weighted by molar-refractivity contribution is 7.21. The SMILES string of the molecule is O=C(NCC1(c2ccccc2)CCC1)c1sc2ccccc2c1Cl. The van der Waals surface area contributed by atoms with E-state index in [4.69, 9.17) is 11.6 Å². The minimum Gasteiger partial charge on any atom is -0.350 e. The Labute approximate surface area is 150 Å². The van der Waals surface area contributed by atoms with E-state index in [1.54, 1.807) is 0 Å². The number of carbonyl (C=O) groups excluding carboxylic acids is 1. The minimum absolute atomic E-state index is 0.0663. The molecule has 1 heterocycles. The molecule has 1 aliphatic carbocycles. The first-order valence-corrected chi connectivity index (χ1v) is 9.40. The van der Waals surface area contributed by atoms with Gasteiger partial charge in [-0.15, -0.1) is 11.3 Å². The quantitative estimate of drug-likeness (QED) is 0.666. The van der Waals surface area contributed by atoms with E-state index in [2.05, 4.69) is 29.6 Å². The van der Waals surface area contributed by atoms with Gasteiger partial charge < -0.3 is 5.32 Å². The molecule has 1 fully saturated rings.